The molecule has 0 aliphatic rings. The second-order valence-corrected chi connectivity index (χ2v) is 5.36. The van der Waals surface area contributed by atoms with Gasteiger partial charge in [-0.2, -0.15) is 0 Å². The van der Waals surface area contributed by atoms with E-state index in [1.54, 1.807) is 13.8 Å². The summed E-state index contributed by atoms with van der Waals surface area (Å²) in [6.45, 7) is 3.91. The minimum atomic E-state index is -0.506. The largest absolute Gasteiger partial charge is 0.465 e. The van der Waals surface area contributed by atoms with Gasteiger partial charge in [-0.3, -0.25) is 4.79 Å². The second-order valence-electron chi connectivity index (χ2n) is 3.45. The summed E-state index contributed by atoms with van der Waals surface area (Å²) in [5, 5.41) is 9.47. The third-order valence-corrected chi connectivity index (χ3v) is 3.74. The van der Waals surface area contributed by atoms with Crippen molar-refractivity contribution in [3.8, 4) is 0 Å². The number of hydrogen-bond acceptors (Lipinski definition) is 4. The van der Waals surface area contributed by atoms with Crippen molar-refractivity contribution < 1.29 is 14.6 Å². The second kappa shape index (κ2) is 7.03. The van der Waals surface area contributed by atoms with Gasteiger partial charge in [0.25, 0.3) is 0 Å². The average Bonchev–Trinajstić information content (AvgIpc) is 2.26. The summed E-state index contributed by atoms with van der Waals surface area (Å²) in [7, 11) is 0. The number of rotatable bonds is 5. The number of hydrogen-bond donors (Lipinski definition) is 1. The van der Waals surface area contributed by atoms with E-state index in [1.165, 1.54) is 11.8 Å². The Morgan fingerprint density at radius 3 is 2.82 bits per heavy atom. The number of carbonyl (C=O) groups is 1. The van der Waals surface area contributed by atoms with Crippen LogP contribution in [0.25, 0.3) is 0 Å². The molecule has 0 fully saturated rings. The van der Waals surface area contributed by atoms with Crippen LogP contribution in [0.2, 0.25) is 0 Å². The first-order valence-corrected chi connectivity index (χ1v) is 7.08. The number of carbonyl (C=O) groups excluding carboxylic acids is 1. The first-order chi connectivity index (χ1) is 8.04. The van der Waals surface area contributed by atoms with Gasteiger partial charge in [0.1, 0.15) is 0 Å². The van der Waals surface area contributed by atoms with Gasteiger partial charge >= 0.3 is 5.97 Å². The summed E-state index contributed by atoms with van der Waals surface area (Å²) in [6, 6.07) is 5.63. The quantitative estimate of drug-likeness (QED) is 0.669. The fraction of sp³-hybridized carbons (Fsp3) is 0.417. The molecule has 1 N–H and O–H groups in total. The highest BCUT2D eigenvalue weighted by atomic mass is 79.9. The Bertz CT molecular complexity index is 393. The summed E-state index contributed by atoms with van der Waals surface area (Å²) >= 11 is 4.81. The van der Waals surface area contributed by atoms with Crippen LogP contribution in [-0.4, -0.2) is 23.4 Å². The fourth-order valence-corrected chi connectivity index (χ4v) is 2.88. The van der Waals surface area contributed by atoms with Crippen molar-refractivity contribution in [3.63, 3.8) is 0 Å². The number of benzene rings is 1. The van der Waals surface area contributed by atoms with Gasteiger partial charge in [-0.25, -0.2) is 0 Å². The van der Waals surface area contributed by atoms with Crippen molar-refractivity contribution in [2.45, 2.75) is 24.8 Å². The molecule has 1 aromatic rings. The van der Waals surface area contributed by atoms with Gasteiger partial charge in [0.2, 0.25) is 0 Å². The van der Waals surface area contributed by atoms with Crippen molar-refractivity contribution in [2.75, 3.05) is 12.4 Å². The molecule has 0 aliphatic heterocycles. The predicted molar refractivity (Wildman–Crippen MR) is 72.1 cm³/mol. The van der Waals surface area contributed by atoms with Crippen molar-refractivity contribution in [3.05, 3.63) is 28.2 Å². The molecule has 17 heavy (non-hydrogen) atoms. The molecular formula is C12H15BrO3S. The molecule has 0 saturated heterocycles. The maximum atomic E-state index is 11.2. The first-order valence-electron chi connectivity index (χ1n) is 5.30. The summed E-state index contributed by atoms with van der Waals surface area (Å²) in [4.78, 5) is 12.1. The van der Waals surface area contributed by atoms with Gasteiger partial charge in [0.15, 0.2) is 0 Å². The van der Waals surface area contributed by atoms with Gasteiger partial charge in [-0.05, 0) is 31.5 Å². The smallest absolute Gasteiger partial charge is 0.316 e. The van der Waals surface area contributed by atoms with E-state index in [2.05, 4.69) is 15.9 Å². The van der Waals surface area contributed by atoms with E-state index in [0.29, 0.717) is 12.4 Å². The van der Waals surface area contributed by atoms with Gasteiger partial charge in [-0.15, -0.1) is 11.8 Å². The Morgan fingerprint density at radius 2 is 2.29 bits per heavy atom. The number of halogens is 1. The molecule has 0 unspecified atom stereocenters. The molecular weight excluding hydrogens is 304 g/mol. The van der Waals surface area contributed by atoms with E-state index in [1.807, 2.05) is 18.2 Å². The van der Waals surface area contributed by atoms with E-state index in [-0.39, 0.29) is 5.97 Å². The molecule has 94 valence electrons. The van der Waals surface area contributed by atoms with Crippen LogP contribution >= 0.6 is 27.7 Å². The zero-order valence-electron chi connectivity index (χ0n) is 9.77. The minimum Gasteiger partial charge on any atom is -0.465 e. The Balaban J connectivity index is 2.62. The molecule has 1 rings (SSSR count). The van der Waals surface area contributed by atoms with Gasteiger partial charge in [0, 0.05) is 9.37 Å². The third-order valence-electron chi connectivity index (χ3n) is 2.08. The molecule has 3 nitrogen and oxygen atoms in total. The van der Waals surface area contributed by atoms with E-state index >= 15 is 0 Å². The Kier molecular flexibility index (Phi) is 6.02. The maximum absolute atomic E-state index is 11.2. The van der Waals surface area contributed by atoms with E-state index < -0.39 is 6.10 Å². The fourth-order valence-electron chi connectivity index (χ4n) is 1.28. The summed E-state index contributed by atoms with van der Waals surface area (Å²) < 4.78 is 5.69. The van der Waals surface area contributed by atoms with Crippen LogP contribution in [0.4, 0.5) is 0 Å². The van der Waals surface area contributed by atoms with Crippen molar-refractivity contribution >= 4 is 33.7 Å². The van der Waals surface area contributed by atoms with Gasteiger partial charge < -0.3 is 9.84 Å². The van der Waals surface area contributed by atoms with E-state index in [4.69, 9.17) is 4.74 Å². The SMILES string of the molecule is CCOC(=O)CSc1ccc([C@H](C)O)c(Br)c1. The minimum absolute atomic E-state index is 0.215. The zero-order chi connectivity index (χ0) is 12.8. The van der Waals surface area contributed by atoms with E-state index in [0.717, 1.165) is 14.9 Å². The van der Waals surface area contributed by atoms with Crippen molar-refractivity contribution in [2.24, 2.45) is 0 Å². The lowest BCUT2D eigenvalue weighted by molar-refractivity contribution is -0.139. The molecule has 0 saturated carbocycles. The molecule has 5 heteroatoms. The monoisotopic (exact) mass is 318 g/mol. The highest BCUT2D eigenvalue weighted by Gasteiger charge is 2.08. The van der Waals surface area contributed by atoms with Crippen molar-refractivity contribution in [1.29, 1.82) is 0 Å². The summed E-state index contributed by atoms with van der Waals surface area (Å²) in [5.41, 5.74) is 0.838. The molecule has 0 spiro atoms. The Labute approximate surface area is 114 Å². The molecule has 0 radical (unpaired) electrons. The van der Waals surface area contributed by atoms with Crippen LogP contribution in [0.1, 0.15) is 25.5 Å². The third kappa shape index (κ3) is 4.69. The lowest BCUT2D eigenvalue weighted by Crippen LogP contribution is -2.06. The van der Waals surface area contributed by atoms with Crippen LogP contribution in [0.15, 0.2) is 27.6 Å². The van der Waals surface area contributed by atoms with Crippen LogP contribution in [0, 0.1) is 0 Å². The first kappa shape index (κ1) is 14.5. The summed E-state index contributed by atoms with van der Waals surface area (Å²) in [6.07, 6.45) is -0.506. The molecule has 1 aromatic carbocycles. The Hall–Kier alpha value is -0.520. The van der Waals surface area contributed by atoms with Gasteiger partial charge in [-0.1, -0.05) is 22.0 Å². The lowest BCUT2D eigenvalue weighted by Gasteiger charge is -2.09. The normalized spacial score (nSPS) is 12.2. The van der Waals surface area contributed by atoms with Crippen LogP contribution in [-0.2, 0) is 9.53 Å². The highest BCUT2D eigenvalue weighted by Crippen LogP contribution is 2.28. The van der Waals surface area contributed by atoms with E-state index in [9.17, 15) is 9.90 Å². The standard InChI is InChI=1S/C12H15BrO3S/c1-3-16-12(15)7-17-9-4-5-10(8(2)14)11(13)6-9/h4-6,8,14H,3,7H2,1-2H3/t8-/m0/s1. The number of esters is 1. The topological polar surface area (TPSA) is 46.5 Å². The average molecular weight is 319 g/mol. The molecule has 0 aliphatic carbocycles. The number of aliphatic hydroxyl groups excluding tert-OH is 1. The molecule has 0 heterocycles. The van der Waals surface area contributed by atoms with Crippen molar-refractivity contribution in [1.82, 2.24) is 0 Å². The molecule has 0 aromatic heterocycles. The number of thioether (sulfide) groups is 1. The van der Waals surface area contributed by atoms with Crippen LogP contribution in [0.5, 0.6) is 0 Å². The maximum Gasteiger partial charge on any atom is 0.316 e. The predicted octanol–water partition coefficient (Wildman–Crippen LogP) is 3.16. The number of ether oxygens (including phenoxy) is 1. The lowest BCUT2D eigenvalue weighted by atomic mass is 10.1. The number of aliphatic hydroxyl groups is 1. The van der Waals surface area contributed by atoms with Gasteiger partial charge in [0.05, 0.1) is 18.5 Å². The van der Waals surface area contributed by atoms with Crippen LogP contribution in [0.3, 0.4) is 0 Å². The van der Waals surface area contributed by atoms with Crippen LogP contribution < -0.4 is 0 Å². The molecule has 1 atom stereocenters. The summed E-state index contributed by atoms with van der Waals surface area (Å²) in [5.74, 6) is 0.0853. The molecule has 0 amide bonds. The molecule has 0 bridgehead atoms. The highest BCUT2D eigenvalue weighted by molar-refractivity contribution is 9.10. The zero-order valence-corrected chi connectivity index (χ0v) is 12.2. The Morgan fingerprint density at radius 1 is 1.59 bits per heavy atom.